The van der Waals surface area contributed by atoms with Gasteiger partial charge in [0.05, 0.1) is 6.07 Å². The lowest BCUT2D eigenvalue weighted by Gasteiger charge is -2.14. The fraction of sp³-hybridized carbons (Fsp3) is 0.385. The number of hydrogen-bond acceptors (Lipinski definition) is 2. The molecule has 1 aromatic carbocycles. The first-order chi connectivity index (χ1) is 8.36. The van der Waals surface area contributed by atoms with E-state index in [2.05, 4.69) is 5.32 Å². The van der Waals surface area contributed by atoms with Crippen molar-refractivity contribution >= 4 is 5.91 Å². The second-order valence-electron chi connectivity index (χ2n) is 4.48. The van der Waals surface area contributed by atoms with Crippen molar-refractivity contribution in [3.05, 3.63) is 35.4 Å². The Kier molecular flexibility index (Phi) is 4.38. The zero-order valence-corrected chi connectivity index (χ0v) is 10.3. The van der Waals surface area contributed by atoms with Crippen molar-refractivity contribution in [3.63, 3.8) is 0 Å². The Morgan fingerprint density at radius 1 is 1.44 bits per heavy atom. The predicted molar refractivity (Wildman–Crippen MR) is 62.5 cm³/mol. The van der Waals surface area contributed by atoms with Crippen molar-refractivity contribution in [1.82, 2.24) is 5.32 Å². The molecule has 0 fully saturated rings. The van der Waals surface area contributed by atoms with Gasteiger partial charge in [0.2, 0.25) is 5.91 Å². The van der Waals surface area contributed by atoms with Crippen LogP contribution in [-0.2, 0) is 11.2 Å². The molecule has 5 heteroatoms. The molecule has 0 atom stereocenters. The van der Waals surface area contributed by atoms with Gasteiger partial charge in [0, 0.05) is 12.6 Å². The van der Waals surface area contributed by atoms with E-state index in [0.29, 0.717) is 5.56 Å². The summed E-state index contributed by atoms with van der Waals surface area (Å²) in [6.45, 7) is 3.20. The molecule has 0 unspecified atom stereocenters. The van der Waals surface area contributed by atoms with Crippen LogP contribution in [0.4, 0.5) is 8.78 Å². The van der Waals surface area contributed by atoms with E-state index in [1.807, 2.05) is 6.07 Å². The van der Waals surface area contributed by atoms with Crippen LogP contribution >= 0.6 is 0 Å². The molecule has 0 bridgehead atoms. The molecule has 0 aliphatic rings. The summed E-state index contributed by atoms with van der Waals surface area (Å²) in [7, 11) is 0. The largest absolute Gasteiger partial charge is 0.354 e. The van der Waals surface area contributed by atoms with Crippen LogP contribution in [0.15, 0.2) is 18.2 Å². The van der Waals surface area contributed by atoms with Crippen molar-refractivity contribution < 1.29 is 13.6 Å². The quantitative estimate of drug-likeness (QED) is 0.892. The standard InChI is InChI=1S/C13H14F2N2O/c1-13(2,8-16)12(18)17-6-5-9-3-4-10(14)7-11(9)15/h3-4,7H,5-6H2,1-2H3,(H,17,18). The predicted octanol–water partition coefficient (Wildman–Crippen LogP) is 2.17. The molecule has 0 aromatic heterocycles. The third-order valence-corrected chi connectivity index (χ3v) is 2.54. The third-order valence-electron chi connectivity index (χ3n) is 2.54. The summed E-state index contributed by atoms with van der Waals surface area (Å²) >= 11 is 0. The van der Waals surface area contributed by atoms with Crippen molar-refractivity contribution in [2.45, 2.75) is 20.3 Å². The normalized spacial score (nSPS) is 10.8. The molecule has 0 radical (unpaired) electrons. The van der Waals surface area contributed by atoms with Gasteiger partial charge in [-0.3, -0.25) is 4.79 Å². The Balaban J connectivity index is 2.53. The number of benzene rings is 1. The van der Waals surface area contributed by atoms with Crippen LogP contribution in [-0.4, -0.2) is 12.5 Å². The molecule has 0 heterocycles. The van der Waals surface area contributed by atoms with Gasteiger partial charge in [0.25, 0.3) is 0 Å². The maximum Gasteiger partial charge on any atom is 0.239 e. The Morgan fingerprint density at radius 2 is 2.11 bits per heavy atom. The topological polar surface area (TPSA) is 52.9 Å². The highest BCUT2D eigenvalue weighted by Crippen LogP contribution is 2.13. The zero-order valence-electron chi connectivity index (χ0n) is 10.3. The van der Waals surface area contributed by atoms with Gasteiger partial charge >= 0.3 is 0 Å². The van der Waals surface area contributed by atoms with Crippen LogP contribution in [0.1, 0.15) is 19.4 Å². The van der Waals surface area contributed by atoms with Crippen LogP contribution in [0.3, 0.4) is 0 Å². The molecule has 18 heavy (non-hydrogen) atoms. The molecule has 1 amide bonds. The fourth-order valence-electron chi connectivity index (χ4n) is 1.31. The molecule has 1 N–H and O–H groups in total. The van der Waals surface area contributed by atoms with Gasteiger partial charge in [0.1, 0.15) is 17.0 Å². The first kappa shape index (κ1) is 14.1. The lowest BCUT2D eigenvalue weighted by Crippen LogP contribution is -2.37. The summed E-state index contributed by atoms with van der Waals surface area (Å²) in [5, 5.41) is 11.3. The van der Waals surface area contributed by atoms with E-state index in [1.54, 1.807) is 0 Å². The summed E-state index contributed by atoms with van der Waals surface area (Å²) in [5.74, 6) is -1.68. The molecule has 1 aromatic rings. The number of nitrogens with zero attached hydrogens (tertiary/aromatic N) is 1. The van der Waals surface area contributed by atoms with E-state index in [1.165, 1.54) is 26.0 Å². The minimum Gasteiger partial charge on any atom is -0.354 e. The highest BCUT2D eigenvalue weighted by Gasteiger charge is 2.26. The summed E-state index contributed by atoms with van der Waals surface area (Å²) in [5.41, 5.74) is -0.784. The van der Waals surface area contributed by atoms with Gasteiger partial charge in [-0.15, -0.1) is 0 Å². The summed E-state index contributed by atoms with van der Waals surface area (Å²) < 4.78 is 25.9. The highest BCUT2D eigenvalue weighted by molar-refractivity contribution is 5.84. The summed E-state index contributed by atoms with van der Waals surface area (Å²) in [6, 6.07) is 5.18. The molecule has 0 spiro atoms. The minimum absolute atomic E-state index is 0.201. The van der Waals surface area contributed by atoms with E-state index in [9.17, 15) is 13.6 Å². The van der Waals surface area contributed by atoms with E-state index in [-0.39, 0.29) is 13.0 Å². The Labute approximate surface area is 104 Å². The molecular formula is C13H14F2N2O. The Morgan fingerprint density at radius 3 is 2.67 bits per heavy atom. The van der Waals surface area contributed by atoms with Crippen molar-refractivity contribution in [1.29, 1.82) is 5.26 Å². The number of nitrogens with one attached hydrogen (secondary N) is 1. The average molecular weight is 252 g/mol. The SMILES string of the molecule is CC(C)(C#N)C(=O)NCCc1ccc(F)cc1F. The first-order valence-corrected chi connectivity index (χ1v) is 5.50. The van der Waals surface area contributed by atoms with Gasteiger partial charge in [-0.25, -0.2) is 8.78 Å². The third kappa shape index (κ3) is 3.52. The molecule has 0 aliphatic heterocycles. The van der Waals surface area contributed by atoms with Crippen LogP contribution in [0, 0.1) is 28.4 Å². The van der Waals surface area contributed by atoms with Gasteiger partial charge in [-0.05, 0) is 31.9 Å². The monoisotopic (exact) mass is 252 g/mol. The summed E-state index contributed by atoms with van der Waals surface area (Å²) in [6.07, 6.45) is 0.249. The number of carbonyl (C=O) groups excluding carboxylic acids is 1. The molecule has 0 aliphatic carbocycles. The molecule has 3 nitrogen and oxygen atoms in total. The van der Waals surface area contributed by atoms with Crippen LogP contribution < -0.4 is 5.32 Å². The van der Waals surface area contributed by atoms with Gasteiger partial charge in [-0.2, -0.15) is 5.26 Å². The average Bonchev–Trinajstić information content (AvgIpc) is 2.31. The number of halogens is 2. The maximum atomic E-state index is 13.3. The van der Waals surface area contributed by atoms with Crippen molar-refractivity contribution in [2.75, 3.05) is 6.54 Å². The number of amides is 1. The molecule has 96 valence electrons. The first-order valence-electron chi connectivity index (χ1n) is 5.50. The van der Waals surface area contributed by atoms with Gasteiger partial charge in [-0.1, -0.05) is 6.07 Å². The zero-order chi connectivity index (χ0) is 13.8. The lowest BCUT2D eigenvalue weighted by atomic mass is 9.95. The van der Waals surface area contributed by atoms with E-state index in [4.69, 9.17) is 5.26 Å². The molecule has 1 rings (SSSR count). The Hall–Kier alpha value is -1.96. The van der Waals surface area contributed by atoms with Crippen molar-refractivity contribution in [2.24, 2.45) is 5.41 Å². The van der Waals surface area contributed by atoms with E-state index >= 15 is 0 Å². The Bertz CT molecular complexity index is 492. The van der Waals surface area contributed by atoms with Crippen LogP contribution in [0.2, 0.25) is 0 Å². The minimum atomic E-state index is -1.11. The van der Waals surface area contributed by atoms with E-state index < -0.39 is 23.0 Å². The second kappa shape index (κ2) is 5.58. The van der Waals surface area contributed by atoms with Crippen LogP contribution in [0.25, 0.3) is 0 Å². The molecular weight excluding hydrogens is 238 g/mol. The van der Waals surface area contributed by atoms with Gasteiger partial charge in [0.15, 0.2) is 0 Å². The van der Waals surface area contributed by atoms with Crippen LogP contribution in [0.5, 0.6) is 0 Å². The fourth-order valence-corrected chi connectivity index (χ4v) is 1.31. The molecule has 0 saturated carbocycles. The number of carbonyl (C=O) groups is 1. The number of hydrogen-bond donors (Lipinski definition) is 1. The van der Waals surface area contributed by atoms with Gasteiger partial charge < -0.3 is 5.32 Å². The summed E-state index contributed by atoms with van der Waals surface area (Å²) in [4.78, 5) is 11.5. The second-order valence-corrected chi connectivity index (χ2v) is 4.48. The highest BCUT2D eigenvalue weighted by atomic mass is 19.1. The number of rotatable bonds is 4. The lowest BCUT2D eigenvalue weighted by molar-refractivity contribution is -0.126. The molecule has 0 saturated heterocycles. The van der Waals surface area contributed by atoms with Crippen molar-refractivity contribution in [3.8, 4) is 6.07 Å². The maximum absolute atomic E-state index is 13.3. The van der Waals surface area contributed by atoms with E-state index in [0.717, 1.165) is 6.07 Å². The smallest absolute Gasteiger partial charge is 0.239 e. The number of nitriles is 1.